The van der Waals surface area contributed by atoms with Gasteiger partial charge in [0.1, 0.15) is 6.29 Å². The molecule has 0 amide bonds. The summed E-state index contributed by atoms with van der Waals surface area (Å²) in [5.74, 6) is 0.995. The van der Waals surface area contributed by atoms with Crippen molar-refractivity contribution in [1.29, 1.82) is 0 Å². The Bertz CT molecular complexity index is 304. The van der Waals surface area contributed by atoms with Gasteiger partial charge in [0.2, 0.25) is 0 Å². The lowest BCUT2D eigenvalue weighted by molar-refractivity contribution is -0.111. The van der Waals surface area contributed by atoms with Gasteiger partial charge in [0.05, 0.1) is 0 Å². The predicted octanol–water partition coefficient (Wildman–Crippen LogP) is 3.55. The van der Waals surface area contributed by atoms with Crippen LogP contribution in [0, 0.1) is 5.92 Å². The van der Waals surface area contributed by atoms with Gasteiger partial charge in [-0.1, -0.05) is 36.8 Å². The molecule has 1 nitrogen and oxygen atoms in total. The van der Waals surface area contributed by atoms with E-state index in [2.05, 4.69) is 30.3 Å². The second-order valence-corrected chi connectivity index (χ2v) is 4.51. The Morgan fingerprint density at radius 2 is 1.80 bits per heavy atom. The summed E-state index contributed by atoms with van der Waals surface area (Å²) < 4.78 is 0. The van der Waals surface area contributed by atoms with Gasteiger partial charge in [-0.3, -0.25) is 0 Å². The summed E-state index contributed by atoms with van der Waals surface area (Å²) in [7, 11) is 0. The van der Waals surface area contributed by atoms with Crippen LogP contribution < -0.4 is 0 Å². The first-order valence-electron chi connectivity index (χ1n) is 5.90. The number of rotatable bonds is 2. The van der Waals surface area contributed by atoms with Crippen molar-refractivity contribution in [2.24, 2.45) is 5.92 Å². The van der Waals surface area contributed by atoms with Crippen molar-refractivity contribution in [1.82, 2.24) is 0 Å². The monoisotopic (exact) mass is 202 g/mol. The maximum Gasteiger partial charge on any atom is 0.123 e. The molecule has 0 aliphatic heterocycles. The largest absolute Gasteiger partial charge is 0.303 e. The highest BCUT2D eigenvalue weighted by Crippen LogP contribution is 2.33. The van der Waals surface area contributed by atoms with Gasteiger partial charge < -0.3 is 4.79 Å². The molecule has 1 aliphatic rings. The van der Waals surface area contributed by atoms with Crippen LogP contribution in [0.2, 0.25) is 0 Å². The van der Waals surface area contributed by atoms with E-state index < -0.39 is 0 Å². The minimum atomic E-state index is 0.318. The van der Waals surface area contributed by atoms with Gasteiger partial charge >= 0.3 is 0 Å². The van der Waals surface area contributed by atoms with Gasteiger partial charge in [-0.15, -0.1) is 0 Å². The van der Waals surface area contributed by atoms with Crippen molar-refractivity contribution in [2.45, 2.75) is 38.0 Å². The zero-order valence-electron chi connectivity index (χ0n) is 9.06. The predicted molar refractivity (Wildman–Crippen MR) is 61.8 cm³/mol. The third-order valence-electron chi connectivity index (χ3n) is 3.48. The van der Waals surface area contributed by atoms with Crippen LogP contribution in [0.4, 0.5) is 0 Å². The number of hydrogen-bond acceptors (Lipinski definition) is 1. The van der Waals surface area contributed by atoms with Crippen molar-refractivity contribution >= 4 is 6.29 Å². The number of hydrogen-bond donors (Lipinski definition) is 0. The minimum Gasteiger partial charge on any atom is -0.303 e. The van der Waals surface area contributed by atoms with E-state index in [9.17, 15) is 4.79 Å². The maximum absolute atomic E-state index is 10.8. The van der Waals surface area contributed by atoms with Crippen molar-refractivity contribution < 1.29 is 4.79 Å². The molecule has 80 valence electrons. The van der Waals surface area contributed by atoms with Gasteiger partial charge in [0.25, 0.3) is 0 Å². The Kier molecular flexibility index (Phi) is 3.54. The van der Waals surface area contributed by atoms with Crippen LogP contribution in [0.1, 0.15) is 43.6 Å². The van der Waals surface area contributed by atoms with Crippen LogP contribution in [0.25, 0.3) is 0 Å². The van der Waals surface area contributed by atoms with E-state index in [-0.39, 0.29) is 0 Å². The Hall–Kier alpha value is -1.11. The van der Waals surface area contributed by atoms with Crippen LogP contribution >= 0.6 is 0 Å². The van der Waals surface area contributed by atoms with Gasteiger partial charge in [0, 0.05) is 5.92 Å². The fourth-order valence-electron chi connectivity index (χ4n) is 2.52. The van der Waals surface area contributed by atoms with Crippen LogP contribution in [-0.4, -0.2) is 6.29 Å². The lowest BCUT2D eigenvalue weighted by Gasteiger charge is -2.13. The Balaban J connectivity index is 2.02. The summed E-state index contributed by atoms with van der Waals surface area (Å²) in [6.07, 6.45) is 6.92. The molecule has 0 aromatic heterocycles. The number of aldehydes is 1. The van der Waals surface area contributed by atoms with E-state index in [0.717, 1.165) is 19.1 Å². The fraction of sp³-hybridized carbons (Fsp3) is 0.500. The summed E-state index contributed by atoms with van der Waals surface area (Å²) in [6, 6.07) is 10.7. The molecule has 1 fully saturated rings. The second-order valence-electron chi connectivity index (χ2n) is 4.51. The highest BCUT2D eigenvalue weighted by molar-refractivity contribution is 5.53. The number of carbonyl (C=O) groups is 1. The molecule has 0 radical (unpaired) electrons. The van der Waals surface area contributed by atoms with E-state index in [4.69, 9.17) is 0 Å². The molecular formula is C14H18O. The smallest absolute Gasteiger partial charge is 0.123 e. The van der Waals surface area contributed by atoms with E-state index in [1.165, 1.54) is 24.8 Å². The summed E-state index contributed by atoms with van der Waals surface area (Å²) in [5, 5.41) is 0. The van der Waals surface area contributed by atoms with Crippen molar-refractivity contribution in [3.8, 4) is 0 Å². The topological polar surface area (TPSA) is 17.1 Å². The lowest BCUT2D eigenvalue weighted by atomic mass is 9.91. The first kappa shape index (κ1) is 10.4. The number of carbonyl (C=O) groups excluding carboxylic acids is 1. The third kappa shape index (κ3) is 2.68. The van der Waals surface area contributed by atoms with Crippen LogP contribution in [0.5, 0.6) is 0 Å². The Morgan fingerprint density at radius 1 is 1.00 bits per heavy atom. The summed E-state index contributed by atoms with van der Waals surface area (Å²) >= 11 is 0. The highest BCUT2D eigenvalue weighted by Gasteiger charge is 2.19. The third-order valence-corrected chi connectivity index (χ3v) is 3.48. The van der Waals surface area contributed by atoms with E-state index in [1.807, 2.05) is 0 Å². The van der Waals surface area contributed by atoms with Gasteiger partial charge in [-0.05, 0) is 37.2 Å². The first-order chi connectivity index (χ1) is 7.40. The first-order valence-corrected chi connectivity index (χ1v) is 5.90. The molecule has 15 heavy (non-hydrogen) atoms. The van der Waals surface area contributed by atoms with E-state index in [0.29, 0.717) is 11.8 Å². The standard InChI is InChI=1S/C14H18O/c15-11-12-5-4-8-14(10-9-12)13-6-2-1-3-7-13/h1-3,6-7,11-12,14H,4-5,8-10H2/t12-,14-/m1/s1. The number of benzene rings is 1. The highest BCUT2D eigenvalue weighted by atomic mass is 16.1. The van der Waals surface area contributed by atoms with Crippen molar-refractivity contribution in [3.63, 3.8) is 0 Å². The molecule has 2 atom stereocenters. The van der Waals surface area contributed by atoms with E-state index >= 15 is 0 Å². The van der Waals surface area contributed by atoms with Gasteiger partial charge in [0.15, 0.2) is 0 Å². The van der Waals surface area contributed by atoms with Crippen LogP contribution in [0.15, 0.2) is 30.3 Å². The normalized spacial score (nSPS) is 26.9. The molecule has 0 bridgehead atoms. The van der Waals surface area contributed by atoms with Crippen molar-refractivity contribution in [3.05, 3.63) is 35.9 Å². The maximum atomic E-state index is 10.8. The molecule has 0 unspecified atom stereocenters. The van der Waals surface area contributed by atoms with E-state index in [1.54, 1.807) is 0 Å². The molecule has 1 saturated carbocycles. The zero-order valence-corrected chi connectivity index (χ0v) is 9.06. The summed E-state index contributed by atoms with van der Waals surface area (Å²) in [4.78, 5) is 10.8. The molecular weight excluding hydrogens is 184 g/mol. The molecule has 1 aromatic rings. The second kappa shape index (κ2) is 5.11. The molecule has 2 rings (SSSR count). The molecule has 1 aliphatic carbocycles. The molecule has 1 heteroatoms. The van der Waals surface area contributed by atoms with Crippen molar-refractivity contribution in [2.75, 3.05) is 0 Å². The molecule has 0 spiro atoms. The summed E-state index contributed by atoms with van der Waals surface area (Å²) in [6.45, 7) is 0. The minimum absolute atomic E-state index is 0.318. The Morgan fingerprint density at radius 3 is 2.53 bits per heavy atom. The molecule has 1 aromatic carbocycles. The van der Waals surface area contributed by atoms with Gasteiger partial charge in [-0.2, -0.15) is 0 Å². The molecule has 0 saturated heterocycles. The quantitative estimate of drug-likeness (QED) is 0.529. The average Bonchev–Trinajstić information content (AvgIpc) is 2.55. The Labute approximate surface area is 91.5 Å². The molecule has 0 heterocycles. The zero-order chi connectivity index (χ0) is 10.5. The van der Waals surface area contributed by atoms with Crippen LogP contribution in [-0.2, 0) is 4.79 Å². The van der Waals surface area contributed by atoms with Crippen LogP contribution in [0.3, 0.4) is 0 Å². The lowest BCUT2D eigenvalue weighted by Crippen LogP contribution is -2.00. The van der Waals surface area contributed by atoms with Gasteiger partial charge in [-0.25, -0.2) is 0 Å². The average molecular weight is 202 g/mol. The SMILES string of the molecule is O=C[C@@H]1CCC[C@@H](c2ccccc2)CC1. The molecule has 0 N–H and O–H groups in total. The fourth-order valence-corrected chi connectivity index (χ4v) is 2.52. The summed E-state index contributed by atoms with van der Waals surface area (Å²) in [5.41, 5.74) is 1.45.